The van der Waals surface area contributed by atoms with Gasteiger partial charge in [-0.05, 0) is 42.3 Å². The second kappa shape index (κ2) is 12.9. The van der Waals surface area contributed by atoms with Crippen molar-refractivity contribution in [2.24, 2.45) is 11.8 Å². The zero-order valence-electron chi connectivity index (χ0n) is 22.7. The summed E-state index contributed by atoms with van der Waals surface area (Å²) < 4.78 is 15.8. The highest BCUT2D eigenvalue weighted by molar-refractivity contribution is 7.71. The molecule has 2 aromatic rings. The van der Waals surface area contributed by atoms with Gasteiger partial charge in [-0.3, -0.25) is 28.4 Å². The molecular formula is C27H36N3O6P. The molecule has 10 heteroatoms. The average Bonchev–Trinajstić information content (AvgIpc) is 2.89. The lowest BCUT2D eigenvalue weighted by Gasteiger charge is -2.46. The molecule has 0 aliphatic heterocycles. The highest BCUT2D eigenvalue weighted by Crippen LogP contribution is 2.56. The second-order valence-corrected chi connectivity index (χ2v) is 12.9. The van der Waals surface area contributed by atoms with Gasteiger partial charge in [0.25, 0.3) is 0 Å². The first-order chi connectivity index (χ1) is 17.5. The van der Waals surface area contributed by atoms with Gasteiger partial charge in [0.1, 0.15) is 11.8 Å². The average molecular weight is 530 g/mol. The molecule has 9 nitrogen and oxygen atoms in total. The van der Waals surface area contributed by atoms with Crippen molar-refractivity contribution < 1.29 is 28.7 Å². The van der Waals surface area contributed by atoms with Gasteiger partial charge < -0.3 is 9.47 Å². The molecule has 1 atom stereocenters. The van der Waals surface area contributed by atoms with E-state index in [0.717, 1.165) is 0 Å². The lowest BCUT2D eigenvalue weighted by atomic mass is 9.78. The maximum atomic E-state index is 14.1. The molecule has 0 heterocycles. The monoisotopic (exact) mass is 529 g/mol. The number of ketones is 2. The number of nitrogens with zero attached hydrogens (tertiary/aromatic N) is 3. The number of carbonyl (C=O) groups excluding carboxylic acids is 4. The summed E-state index contributed by atoms with van der Waals surface area (Å²) >= 11 is 0. The number of esters is 2. The van der Waals surface area contributed by atoms with Gasteiger partial charge in [-0.15, -0.1) is 0 Å². The summed E-state index contributed by atoms with van der Waals surface area (Å²) in [6, 6.07) is 16.5. The number of ether oxygens (including phenoxy) is 2. The molecule has 0 radical (unpaired) electrons. The van der Waals surface area contributed by atoms with Crippen LogP contribution in [0.3, 0.4) is 0 Å². The van der Waals surface area contributed by atoms with E-state index < -0.39 is 42.7 Å². The highest BCUT2D eigenvalue weighted by Gasteiger charge is 2.50. The summed E-state index contributed by atoms with van der Waals surface area (Å²) in [5, 5.41) is -0.0135. The molecule has 2 aromatic carbocycles. The van der Waals surface area contributed by atoms with Crippen molar-refractivity contribution >= 4 is 36.1 Å². The van der Waals surface area contributed by atoms with E-state index in [-0.39, 0.29) is 16.4 Å². The SMILES string of the molecule is COC(=O)C(C(C(=O)OC)C(C(=O)c1ccccc1)C(=O)c1ccccc1)=P(N(C)C)(N(C)C)N(C)C. The summed E-state index contributed by atoms with van der Waals surface area (Å²) in [7, 11) is 10.0. The third-order valence-corrected chi connectivity index (χ3v) is 10.6. The number of rotatable bonds is 11. The normalized spacial score (nSPS) is 12.5. The van der Waals surface area contributed by atoms with Crippen LogP contribution in [-0.2, 0) is 19.1 Å². The van der Waals surface area contributed by atoms with Gasteiger partial charge in [0.15, 0.2) is 11.6 Å². The van der Waals surface area contributed by atoms with E-state index in [2.05, 4.69) is 0 Å². The Bertz CT molecular complexity index is 1100. The first-order valence-electron chi connectivity index (χ1n) is 11.6. The molecule has 0 saturated heterocycles. The molecule has 0 fully saturated rings. The van der Waals surface area contributed by atoms with Crippen molar-refractivity contribution in [1.29, 1.82) is 0 Å². The Morgan fingerprint density at radius 2 is 1.00 bits per heavy atom. The van der Waals surface area contributed by atoms with E-state index in [1.807, 2.05) is 14.0 Å². The van der Waals surface area contributed by atoms with Gasteiger partial charge in [-0.1, -0.05) is 60.7 Å². The Labute approximate surface area is 219 Å². The zero-order valence-corrected chi connectivity index (χ0v) is 23.6. The van der Waals surface area contributed by atoms with E-state index in [0.29, 0.717) is 0 Å². The predicted molar refractivity (Wildman–Crippen MR) is 146 cm³/mol. The fourth-order valence-corrected chi connectivity index (χ4v) is 9.18. The van der Waals surface area contributed by atoms with Crippen molar-refractivity contribution in [1.82, 2.24) is 14.0 Å². The molecule has 0 aliphatic carbocycles. The Morgan fingerprint density at radius 1 is 0.622 bits per heavy atom. The first-order valence-corrected chi connectivity index (χ1v) is 13.3. The molecular weight excluding hydrogens is 493 g/mol. The molecule has 0 spiro atoms. The van der Waals surface area contributed by atoms with E-state index in [4.69, 9.17) is 9.47 Å². The minimum absolute atomic E-state index is 0.0135. The van der Waals surface area contributed by atoms with Gasteiger partial charge in [0.05, 0.1) is 26.9 Å². The van der Waals surface area contributed by atoms with Crippen LogP contribution in [0.1, 0.15) is 20.7 Å². The van der Waals surface area contributed by atoms with Gasteiger partial charge in [0, 0.05) is 11.1 Å². The number of hydrogen-bond donors (Lipinski definition) is 0. The Kier molecular flexibility index (Phi) is 10.5. The molecule has 0 N–H and O–H groups in total. The maximum Gasteiger partial charge on any atom is 0.338 e. The van der Waals surface area contributed by atoms with Crippen molar-refractivity contribution in [2.75, 3.05) is 56.5 Å². The quantitative estimate of drug-likeness (QED) is 0.188. The van der Waals surface area contributed by atoms with Crippen LogP contribution in [0.15, 0.2) is 60.7 Å². The minimum atomic E-state index is -3.00. The van der Waals surface area contributed by atoms with Gasteiger partial charge in [-0.25, -0.2) is 4.79 Å². The van der Waals surface area contributed by atoms with E-state index in [1.165, 1.54) is 14.2 Å². The number of methoxy groups -OCH3 is 2. The second-order valence-electron chi connectivity index (χ2n) is 8.93. The van der Waals surface area contributed by atoms with Crippen LogP contribution < -0.4 is 0 Å². The topological polar surface area (TPSA) is 96.5 Å². The van der Waals surface area contributed by atoms with Crippen LogP contribution >= 0.6 is 7.34 Å². The third-order valence-electron chi connectivity index (χ3n) is 6.16. The minimum Gasteiger partial charge on any atom is -0.469 e. The molecule has 0 aliphatic rings. The van der Waals surface area contributed by atoms with Crippen LogP contribution in [0.4, 0.5) is 0 Å². The van der Waals surface area contributed by atoms with Crippen molar-refractivity contribution in [3.8, 4) is 0 Å². The fraction of sp³-hybridized carbons (Fsp3) is 0.370. The van der Waals surface area contributed by atoms with E-state index in [1.54, 1.807) is 103 Å². The molecule has 1 unspecified atom stereocenters. The lowest BCUT2D eigenvalue weighted by molar-refractivity contribution is -0.145. The molecule has 2 rings (SSSR count). The zero-order chi connectivity index (χ0) is 27.9. The summed E-state index contributed by atoms with van der Waals surface area (Å²) in [5.74, 6) is -6.01. The highest BCUT2D eigenvalue weighted by atomic mass is 31.2. The van der Waals surface area contributed by atoms with Crippen LogP contribution in [0, 0.1) is 11.8 Å². The van der Waals surface area contributed by atoms with Crippen molar-refractivity contribution in [3.63, 3.8) is 0 Å². The van der Waals surface area contributed by atoms with Crippen LogP contribution in [-0.4, -0.2) is 99.3 Å². The summed E-state index contributed by atoms with van der Waals surface area (Å²) in [6.07, 6.45) is 0. The van der Waals surface area contributed by atoms with Crippen LogP contribution in [0.25, 0.3) is 0 Å². The summed E-state index contributed by atoms with van der Waals surface area (Å²) in [5.41, 5.74) is 0.469. The number of hydrogen-bond acceptors (Lipinski definition) is 9. The van der Waals surface area contributed by atoms with Gasteiger partial charge in [-0.2, -0.15) is 0 Å². The molecule has 200 valence electrons. The van der Waals surface area contributed by atoms with Crippen molar-refractivity contribution in [2.45, 2.75) is 0 Å². The first kappa shape index (κ1) is 30.1. The van der Waals surface area contributed by atoms with Crippen molar-refractivity contribution in [3.05, 3.63) is 71.8 Å². The van der Waals surface area contributed by atoms with E-state index >= 15 is 0 Å². The Morgan fingerprint density at radius 3 is 1.30 bits per heavy atom. The molecule has 37 heavy (non-hydrogen) atoms. The lowest BCUT2D eigenvalue weighted by Crippen LogP contribution is -2.48. The molecule has 0 amide bonds. The molecule has 0 bridgehead atoms. The third kappa shape index (κ3) is 5.91. The molecule has 0 aromatic heterocycles. The Hall–Kier alpha value is -3.10. The maximum absolute atomic E-state index is 14.1. The number of carbonyl (C=O) groups is 4. The number of Topliss-reactive ketones (excluding diaryl/α,β-unsaturated/α-hetero) is 2. The Balaban J connectivity index is 3.11. The largest absolute Gasteiger partial charge is 0.469 e. The number of benzene rings is 2. The smallest absolute Gasteiger partial charge is 0.338 e. The van der Waals surface area contributed by atoms with Crippen LogP contribution in [0.2, 0.25) is 0 Å². The summed E-state index contributed by atoms with van der Waals surface area (Å²) in [6.45, 7) is 0. The predicted octanol–water partition coefficient (Wildman–Crippen LogP) is 2.95. The molecule has 0 saturated carbocycles. The van der Waals surface area contributed by atoms with Gasteiger partial charge >= 0.3 is 11.9 Å². The standard InChI is InChI=1S/C27H36N3O6P/c1-28(2)37(29(3)4,30(5)6)25(27(34)36-8)22(26(33)35-7)21(23(31)19-15-11-9-12-16-19)24(32)20-17-13-10-14-18-20/h9-18,21-22H,1-8H3. The van der Waals surface area contributed by atoms with E-state index in [9.17, 15) is 19.2 Å². The van der Waals surface area contributed by atoms with Gasteiger partial charge in [0.2, 0.25) is 0 Å². The van der Waals surface area contributed by atoms with Crippen LogP contribution in [0.5, 0.6) is 0 Å². The summed E-state index contributed by atoms with van der Waals surface area (Å²) in [4.78, 5) is 55.3. The fourth-order valence-electron chi connectivity index (χ4n) is 4.78.